The highest BCUT2D eigenvalue weighted by Crippen LogP contribution is 2.14. The monoisotopic (exact) mass is 162 g/mol. The maximum atomic E-state index is 11.8. The van der Waals surface area contributed by atoms with E-state index >= 15 is 0 Å². The molecule has 0 fully saturated rings. The quantitative estimate of drug-likeness (QED) is 0.557. The number of rotatable bonds is 4. The molecule has 0 heterocycles. The number of alkyl halides is 5. The van der Waals surface area contributed by atoms with Crippen LogP contribution in [0, 0.1) is 0 Å². The third-order valence-corrected chi connectivity index (χ3v) is 0.934. The maximum Gasteiger partial charge on any atom is 0.269 e. The van der Waals surface area contributed by atoms with Gasteiger partial charge in [0.2, 0.25) is 6.43 Å². The molecule has 0 radical (unpaired) electrons. The van der Waals surface area contributed by atoms with E-state index in [0.29, 0.717) is 0 Å². The summed E-state index contributed by atoms with van der Waals surface area (Å²) in [4.78, 5) is 0. The van der Waals surface area contributed by atoms with Gasteiger partial charge < -0.3 is 0 Å². The van der Waals surface area contributed by atoms with E-state index in [0.717, 1.165) is 0 Å². The summed E-state index contributed by atoms with van der Waals surface area (Å²) in [6.07, 6.45) is -9.81. The molecule has 0 aromatic heterocycles. The van der Waals surface area contributed by atoms with Gasteiger partial charge in [-0.2, -0.15) is 0 Å². The zero-order chi connectivity index (χ0) is 8.15. The Morgan fingerprint density at radius 3 is 1.60 bits per heavy atom. The van der Waals surface area contributed by atoms with Gasteiger partial charge in [0.25, 0.3) is 6.43 Å². The largest absolute Gasteiger partial charge is 0.269 e. The van der Waals surface area contributed by atoms with Gasteiger partial charge in [0.05, 0.1) is 0 Å². The van der Waals surface area contributed by atoms with E-state index in [1.54, 1.807) is 0 Å². The van der Waals surface area contributed by atoms with Crippen molar-refractivity contribution in [3.05, 3.63) is 0 Å². The Hall–Kier alpha value is -0.350. The van der Waals surface area contributed by atoms with Gasteiger partial charge in [-0.15, -0.1) is 0 Å². The van der Waals surface area contributed by atoms with Crippen LogP contribution in [0.15, 0.2) is 0 Å². The lowest BCUT2D eigenvalue weighted by molar-refractivity contribution is 0.0314. The molecule has 1 atom stereocenters. The van der Waals surface area contributed by atoms with E-state index in [1.165, 1.54) is 0 Å². The van der Waals surface area contributed by atoms with Gasteiger partial charge in [-0.05, 0) is 6.42 Å². The van der Waals surface area contributed by atoms with Gasteiger partial charge in [-0.3, -0.25) is 0 Å². The molecule has 0 aromatic rings. The fraction of sp³-hybridized carbons (Fsp3) is 1.00. The first-order valence-electron chi connectivity index (χ1n) is 2.74. The Morgan fingerprint density at radius 1 is 0.800 bits per heavy atom. The van der Waals surface area contributed by atoms with E-state index in [-0.39, 0.29) is 0 Å². The smallest absolute Gasteiger partial charge is 0.241 e. The van der Waals surface area contributed by atoms with Gasteiger partial charge in [0.1, 0.15) is 0 Å². The number of hydrogen-bond donors (Lipinski definition) is 0. The lowest BCUT2D eigenvalue weighted by Crippen LogP contribution is -2.12. The standard InChI is InChI=1S/C5H7F5/c6-3(5(9)10)1-2-4(7)8/h3-5H,1-2H2. The first kappa shape index (κ1) is 9.65. The Kier molecular flexibility index (Phi) is 4.31. The molecule has 0 aliphatic rings. The van der Waals surface area contributed by atoms with Crippen molar-refractivity contribution in [2.24, 2.45) is 0 Å². The fourth-order valence-electron chi connectivity index (χ4n) is 0.411. The molecule has 0 spiro atoms. The first-order chi connectivity index (χ1) is 4.54. The van der Waals surface area contributed by atoms with E-state index < -0.39 is 31.9 Å². The normalized spacial score (nSPS) is 14.7. The zero-order valence-electron chi connectivity index (χ0n) is 5.04. The van der Waals surface area contributed by atoms with Gasteiger partial charge >= 0.3 is 0 Å². The van der Waals surface area contributed by atoms with Crippen LogP contribution in [0.5, 0.6) is 0 Å². The van der Waals surface area contributed by atoms with E-state index in [9.17, 15) is 22.0 Å². The predicted octanol–water partition coefficient (Wildman–Crippen LogP) is 2.63. The average molecular weight is 162 g/mol. The maximum absolute atomic E-state index is 11.8. The molecule has 62 valence electrons. The summed E-state index contributed by atoms with van der Waals surface area (Å²) in [6, 6.07) is 0. The van der Waals surface area contributed by atoms with Gasteiger partial charge in [-0.25, -0.2) is 22.0 Å². The third kappa shape index (κ3) is 4.52. The molecule has 0 nitrogen and oxygen atoms in total. The first-order valence-corrected chi connectivity index (χ1v) is 2.74. The summed E-state index contributed by atoms with van der Waals surface area (Å²) >= 11 is 0. The molecule has 0 aromatic carbocycles. The highest BCUT2D eigenvalue weighted by atomic mass is 19.3. The number of halogens is 5. The van der Waals surface area contributed by atoms with E-state index in [4.69, 9.17) is 0 Å². The molecule has 0 rings (SSSR count). The molecule has 5 heteroatoms. The van der Waals surface area contributed by atoms with Crippen molar-refractivity contribution < 1.29 is 22.0 Å². The highest BCUT2D eigenvalue weighted by molar-refractivity contribution is 4.58. The molecule has 0 saturated heterocycles. The van der Waals surface area contributed by atoms with Crippen LogP contribution in [0.2, 0.25) is 0 Å². The Balaban J connectivity index is 3.30. The van der Waals surface area contributed by atoms with Crippen LogP contribution in [0.1, 0.15) is 12.8 Å². The zero-order valence-corrected chi connectivity index (χ0v) is 5.04. The molecule has 1 unspecified atom stereocenters. The summed E-state index contributed by atoms with van der Waals surface area (Å²) in [5.74, 6) is 0. The summed E-state index contributed by atoms with van der Waals surface area (Å²) in [6.45, 7) is 0. The minimum atomic E-state index is -3.14. The van der Waals surface area contributed by atoms with Gasteiger partial charge in [0.15, 0.2) is 6.17 Å². The fourth-order valence-corrected chi connectivity index (χ4v) is 0.411. The highest BCUT2D eigenvalue weighted by Gasteiger charge is 2.20. The molecular formula is C5H7F5. The second-order valence-corrected chi connectivity index (χ2v) is 1.82. The topological polar surface area (TPSA) is 0 Å². The minimum absolute atomic E-state index is 0.769. The van der Waals surface area contributed by atoms with Crippen molar-refractivity contribution in [1.29, 1.82) is 0 Å². The molecule has 0 amide bonds. The molecule has 0 N–H and O–H groups in total. The van der Waals surface area contributed by atoms with Crippen LogP contribution in [-0.2, 0) is 0 Å². The minimum Gasteiger partial charge on any atom is -0.241 e. The van der Waals surface area contributed by atoms with E-state index in [2.05, 4.69) is 0 Å². The van der Waals surface area contributed by atoms with Crippen LogP contribution in [0.25, 0.3) is 0 Å². The SMILES string of the molecule is FC(F)CCC(F)C(F)F. The van der Waals surface area contributed by atoms with Crippen molar-refractivity contribution in [1.82, 2.24) is 0 Å². The van der Waals surface area contributed by atoms with Crippen molar-refractivity contribution in [2.45, 2.75) is 31.9 Å². The summed E-state index contributed by atoms with van der Waals surface area (Å²) in [5.41, 5.74) is 0. The van der Waals surface area contributed by atoms with Crippen LogP contribution < -0.4 is 0 Å². The van der Waals surface area contributed by atoms with E-state index in [1.807, 2.05) is 0 Å². The van der Waals surface area contributed by atoms with Gasteiger partial charge in [-0.1, -0.05) is 0 Å². The summed E-state index contributed by atoms with van der Waals surface area (Å²) in [7, 11) is 0. The molecule has 10 heavy (non-hydrogen) atoms. The Bertz CT molecular complexity index is 82.1. The second kappa shape index (κ2) is 4.46. The number of hydrogen-bond acceptors (Lipinski definition) is 0. The summed E-state index contributed by atoms with van der Waals surface area (Å²) in [5, 5.41) is 0. The third-order valence-electron chi connectivity index (χ3n) is 0.934. The lowest BCUT2D eigenvalue weighted by Gasteiger charge is -2.04. The predicted molar refractivity (Wildman–Crippen MR) is 26.1 cm³/mol. The van der Waals surface area contributed by atoms with Crippen molar-refractivity contribution in [2.75, 3.05) is 0 Å². The van der Waals surface area contributed by atoms with Gasteiger partial charge in [0, 0.05) is 6.42 Å². The van der Waals surface area contributed by atoms with Crippen LogP contribution in [-0.4, -0.2) is 19.0 Å². The molecule has 0 aliphatic heterocycles. The lowest BCUT2D eigenvalue weighted by atomic mass is 10.2. The molecule has 0 saturated carbocycles. The Labute approximate surface area is 55.0 Å². The van der Waals surface area contributed by atoms with Crippen molar-refractivity contribution in [3.8, 4) is 0 Å². The summed E-state index contributed by atoms with van der Waals surface area (Å²) < 4.78 is 56.8. The van der Waals surface area contributed by atoms with Crippen molar-refractivity contribution in [3.63, 3.8) is 0 Å². The van der Waals surface area contributed by atoms with Crippen LogP contribution >= 0.6 is 0 Å². The van der Waals surface area contributed by atoms with Crippen LogP contribution in [0.4, 0.5) is 22.0 Å². The van der Waals surface area contributed by atoms with Crippen molar-refractivity contribution >= 4 is 0 Å². The molecule has 0 aliphatic carbocycles. The second-order valence-electron chi connectivity index (χ2n) is 1.82. The molecular weight excluding hydrogens is 155 g/mol. The average Bonchev–Trinajstić information content (AvgIpc) is 1.82. The molecule has 0 bridgehead atoms. The Morgan fingerprint density at radius 2 is 1.30 bits per heavy atom. The van der Waals surface area contributed by atoms with Crippen LogP contribution in [0.3, 0.4) is 0 Å².